The third-order valence-electron chi connectivity index (χ3n) is 33.6. The molecule has 14 atom stereocenters. The van der Waals surface area contributed by atoms with Crippen LogP contribution in [0.1, 0.15) is 297 Å². The molecular weight excluding hydrogens is 1730 g/mol. The number of carbonyl (C=O) groups excluding carboxylic acids is 8. The van der Waals surface area contributed by atoms with Gasteiger partial charge in [0.15, 0.2) is 13.2 Å². The van der Waals surface area contributed by atoms with Gasteiger partial charge in [-0.3, -0.25) is 31.1 Å². The molecule has 722 valence electrons. The van der Waals surface area contributed by atoms with Gasteiger partial charge in [-0.15, -0.1) is 0 Å². The van der Waals surface area contributed by atoms with E-state index < -0.39 is 152 Å². The molecule has 0 spiro atoms. The van der Waals surface area contributed by atoms with E-state index >= 15 is 0 Å². The van der Waals surface area contributed by atoms with Gasteiger partial charge in [0.05, 0.1) is 37.9 Å². The monoisotopic (exact) mass is 1880 g/mol. The predicted molar refractivity (Wildman–Crippen MR) is 468 cm³/mol. The molecule has 20 aliphatic carbocycles. The van der Waals surface area contributed by atoms with Gasteiger partial charge < -0.3 is 37.9 Å². The van der Waals surface area contributed by atoms with Crippen molar-refractivity contribution in [2.45, 2.75) is 366 Å². The highest BCUT2D eigenvalue weighted by molar-refractivity contribution is 7.88. The summed E-state index contributed by atoms with van der Waals surface area (Å²) in [4.78, 5) is 96.0. The summed E-state index contributed by atoms with van der Waals surface area (Å²) in [5, 5.41) is 9.31. The number of rotatable bonds is 25. The van der Waals surface area contributed by atoms with Crippen LogP contribution in [0.15, 0.2) is 36.5 Å². The quantitative estimate of drug-likeness (QED) is 0.0371. The molecule has 2 heterocycles. The van der Waals surface area contributed by atoms with Crippen LogP contribution in [-0.4, -0.2) is 163 Å². The van der Waals surface area contributed by atoms with E-state index in [1.54, 1.807) is 27.7 Å². The molecule has 22 aliphatic rings. The van der Waals surface area contributed by atoms with Gasteiger partial charge in [-0.2, -0.15) is 33.7 Å². The van der Waals surface area contributed by atoms with E-state index in [0.29, 0.717) is 147 Å². The first kappa shape index (κ1) is 100. The highest BCUT2D eigenvalue weighted by Crippen LogP contribution is 2.67. The maximum atomic E-state index is 12.8. The van der Waals surface area contributed by atoms with E-state index in [2.05, 4.69) is 54.4 Å². The van der Waals surface area contributed by atoms with Crippen molar-refractivity contribution in [3.8, 4) is 0 Å². The highest BCUT2D eigenvalue weighted by Gasteiger charge is 2.70. The molecule has 14 unspecified atom stereocenters. The van der Waals surface area contributed by atoms with Crippen molar-refractivity contribution in [2.75, 3.05) is 13.2 Å². The second-order valence-electron chi connectivity index (χ2n) is 45.1. The van der Waals surface area contributed by atoms with Crippen molar-refractivity contribution in [2.24, 2.45) is 133 Å². The van der Waals surface area contributed by atoms with E-state index in [9.17, 15) is 72.0 Å². The van der Waals surface area contributed by atoms with E-state index in [0.717, 1.165) is 68.6 Å². The summed E-state index contributed by atoms with van der Waals surface area (Å²) >= 11 is 0. The molecule has 0 radical (unpaired) electrons. The molecule has 2 aliphatic heterocycles. The molecule has 128 heavy (non-hydrogen) atoms. The number of hydrogen-bond donors (Lipinski definition) is 2. The van der Waals surface area contributed by atoms with E-state index in [1.165, 1.54) is 71.1 Å². The van der Waals surface area contributed by atoms with Crippen molar-refractivity contribution >= 4 is 88.6 Å². The molecule has 22 fully saturated rings. The molecule has 0 aromatic heterocycles. The molecule has 34 heteroatoms. The summed E-state index contributed by atoms with van der Waals surface area (Å²) < 4.78 is 158. The predicted octanol–water partition coefficient (Wildman–Crippen LogP) is 13.6. The van der Waals surface area contributed by atoms with Crippen molar-refractivity contribution < 1.29 is 127 Å². The number of hydrogen-bond acceptors (Lipinski definition) is 28. The third-order valence-corrected chi connectivity index (χ3v) is 38.4. The Hall–Kier alpha value is -5.46. The Morgan fingerprint density at radius 2 is 0.695 bits per heavy atom. The van der Waals surface area contributed by atoms with Gasteiger partial charge in [0.2, 0.25) is 0 Å². The minimum Gasteiger partial charge on any atom is -0.459 e. The average Bonchev–Trinajstić information content (AvgIpc) is 1.59. The van der Waals surface area contributed by atoms with Gasteiger partial charge in [-0.25, -0.2) is 34.3 Å². The topological polar surface area (TPSA) is 436 Å². The van der Waals surface area contributed by atoms with Crippen LogP contribution in [0, 0.1) is 123 Å². The average molecular weight is 1880 g/mol. The first-order chi connectivity index (χ1) is 59.2. The van der Waals surface area contributed by atoms with Gasteiger partial charge >= 0.3 is 68.4 Å². The number of esters is 8. The Morgan fingerprint density at radius 1 is 0.398 bits per heavy atom. The Labute approximate surface area is 758 Å². The maximum absolute atomic E-state index is 12.8. The van der Waals surface area contributed by atoms with Crippen molar-refractivity contribution in [1.82, 2.24) is 0 Å². The van der Waals surface area contributed by atoms with Crippen LogP contribution in [0.5, 0.6) is 0 Å². The van der Waals surface area contributed by atoms with Crippen molar-refractivity contribution in [3.63, 3.8) is 0 Å². The summed E-state index contributed by atoms with van der Waals surface area (Å²) in [6.07, 6.45) is 24.2. The summed E-state index contributed by atoms with van der Waals surface area (Å²) in [6, 6.07) is 0. The fourth-order valence-corrected chi connectivity index (χ4v) is 33.2. The SMILES string of the molecule is C=C(C)C(=O)OC1(C(C)C)C2CC3CC(C2)CC1C3.C=C(C)C(=O)OC12CC3CC(C1)CC(OS(N)(=O)=O)(C3)C2.C=C(C)C(=O)OCC(=O)OC1C2CC3C1OS(=O)(=O)C3C2.CCC(C)(C)C(=O)OC1(C(C)C)C2CC3CC(C2)CC1C3.CCC(C)(C)C(=O)OC12CC3CC(C1)CC(OS(N)(=O)=O)(C3)C2.CCC(C)(C)C(=O)OCC(=O)OC1C2CC3C1OS(=O)(=O)C3C2. The zero-order chi connectivity index (χ0) is 94.1. The Balaban J connectivity index is 0.000000131. The molecule has 20 saturated carbocycles. The second-order valence-corrected chi connectivity index (χ2v) is 51.0. The Kier molecular flexibility index (Phi) is 28.4. The first-order valence-electron chi connectivity index (χ1n) is 47.2. The zero-order valence-corrected chi connectivity index (χ0v) is 81.4. The van der Waals surface area contributed by atoms with Crippen LogP contribution in [-0.2, 0) is 134 Å². The second kappa shape index (κ2) is 36.3. The van der Waals surface area contributed by atoms with Gasteiger partial charge in [0.25, 0.3) is 20.2 Å². The van der Waals surface area contributed by atoms with Crippen LogP contribution < -0.4 is 10.3 Å². The van der Waals surface area contributed by atoms with E-state index in [1.807, 2.05) is 41.5 Å². The molecule has 0 aromatic carbocycles. The molecule has 0 amide bonds. The summed E-state index contributed by atoms with van der Waals surface area (Å²) in [5.74, 6) is 4.83. The van der Waals surface area contributed by atoms with Gasteiger partial charge in [0, 0.05) is 53.2 Å². The summed E-state index contributed by atoms with van der Waals surface area (Å²) in [7, 11) is -15.1. The number of nitrogens with two attached hydrogens (primary N) is 2. The molecule has 0 aromatic rings. The lowest BCUT2D eigenvalue weighted by Gasteiger charge is -2.62. The maximum Gasteiger partial charge on any atom is 0.344 e. The van der Waals surface area contributed by atoms with Gasteiger partial charge in [0.1, 0.15) is 46.8 Å². The normalized spacial score (nSPS) is 40.0. The Bertz CT molecular complexity index is 4710. The minimum atomic E-state index is -4.02. The van der Waals surface area contributed by atoms with Crippen LogP contribution >= 0.6 is 0 Å². The lowest BCUT2D eigenvalue weighted by atomic mass is 9.47. The molecular formula is C94H144N2O28S4. The Morgan fingerprint density at radius 3 is 1.02 bits per heavy atom. The standard InChI is InChI=1S/C19H32O2.C17H26O2.C16H27NO5S.C15H22O7S.C14H21NO5S.C13H16O7S/c1-6-18(4,5)17(20)21-19(12(2)3)15-8-13-7-14(10-15)11-16(19)9-13;1-10(2)16(18)19-17(11(3)4)14-6-12-5-13(8-14)9-15(17)7-12;1-4-14(2,3)13(18)21-15-6-11-5-12(7-15)9-16(8-11,10-15)22-23(17,19)20;1-4-15(2,3)14(17)20-7-11(16)21-12-8-5-9-10(6-8)23(18,19)22-13(9)12;1-9(2)12(16)19-13-4-10-3-11(5-13)7-14(6-10,8-13)20-21(15,17)18;1-6(2)13(15)18-5-10(14)19-11-7-3-8-9(4-7)21(16,17)20-12(8)11/h12-16H,6-11H2,1-5H3;11-15H,1,5-9H2,2-4H3;11-12H,4-10H2,1-3H3,(H2,17,19,20);8-10,12-13H,4-7H2,1-3H3;10-11H,1,3-8H2,2H3,(H2,15,17,18);7-9,11-12H,1,3-5H2,2H3. The van der Waals surface area contributed by atoms with Crippen molar-refractivity contribution in [3.05, 3.63) is 36.5 Å². The highest BCUT2D eigenvalue weighted by atomic mass is 32.2. The summed E-state index contributed by atoms with van der Waals surface area (Å²) in [6.45, 7) is 40.9. The van der Waals surface area contributed by atoms with Gasteiger partial charge in [-0.05, 0) is 319 Å². The smallest absolute Gasteiger partial charge is 0.344 e. The van der Waals surface area contributed by atoms with Gasteiger partial charge in [-0.1, -0.05) is 68.2 Å². The lowest BCUT2D eigenvalue weighted by molar-refractivity contribution is -0.231. The molecule has 2 saturated heterocycles. The number of carbonyl (C=O) groups is 8. The first-order valence-corrected chi connectivity index (χ1v) is 53.1. The van der Waals surface area contributed by atoms with Crippen LogP contribution in [0.2, 0.25) is 0 Å². The van der Waals surface area contributed by atoms with Crippen molar-refractivity contribution in [1.29, 1.82) is 0 Å². The summed E-state index contributed by atoms with van der Waals surface area (Å²) in [5.41, 5.74) is -3.61. The minimum absolute atomic E-state index is 0.00284. The van der Waals surface area contributed by atoms with Crippen LogP contribution in [0.25, 0.3) is 0 Å². The molecule has 22 rings (SSSR count). The van der Waals surface area contributed by atoms with Crippen LogP contribution in [0.4, 0.5) is 0 Å². The van der Waals surface area contributed by atoms with E-state index in [4.69, 9.17) is 64.9 Å². The molecule has 30 nitrogen and oxygen atoms in total. The fraction of sp³-hybridized carbons (Fsp3) is 0.851. The lowest BCUT2D eigenvalue weighted by Crippen LogP contribution is -2.63. The largest absolute Gasteiger partial charge is 0.459 e. The number of fused-ring (bicyclic) bond motifs is 2. The van der Waals surface area contributed by atoms with Crippen LogP contribution in [0.3, 0.4) is 0 Å². The fourth-order valence-electron chi connectivity index (χ4n) is 28.0. The third kappa shape index (κ3) is 20.5. The van der Waals surface area contributed by atoms with E-state index in [-0.39, 0.29) is 63.8 Å². The number of ether oxygens (including phenoxy) is 8. The molecule has 4 N–H and O–H groups in total. The zero-order valence-electron chi connectivity index (χ0n) is 78.1. The molecule has 20 bridgehead atoms.